The predicted molar refractivity (Wildman–Crippen MR) is 125 cm³/mol. The van der Waals surface area contributed by atoms with Crippen molar-refractivity contribution in [1.82, 2.24) is 9.80 Å². The van der Waals surface area contributed by atoms with E-state index in [0.717, 1.165) is 23.1 Å². The molecule has 4 rings (SSSR count). The van der Waals surface area contributed by atoms with E-state index in [-0.39, 0.29) is 18.6 Å². The van der Waals surface area contributed by atoms with Gasteiger partial charge in [0.1, 0.15) is 6.61 Å². The Labute approximate surface area is 189 Å². The second-order valence-corrected chi connectivity index (χ2v) is 7.95. The Kier molecular flexibility index (Phi) is 6.85. The van der Waals surface area contributed by atoms with E-state index in [2.05, 4.69) is 31.2 Å². The molecule has 5 heteroatoms. The highest BCUT2D eigenvalue weighted by Crippen LogP contribution is 2.21. The third-order valence-corrected chi connectivity index (χ3v) is 5.86. The minimum absolute atomic E-state index is 0.00446. The van der Waals surface area contributed by atoms with E-state index in [1.807, 2.05) is 54.6 Å². The highest BCUT2D eigenvalue weighted by molar-refractivity contribution is 5.95. The summed E-state index contributed by atoms with van der Waals surface area (Å²) < 4.78 is 5.40. The van der Waals surface area contributed by atoms with Crippen molar-refractivity contribution in [3.63, 3.8) is 0 Å². The van der Waals surface area contributed by atoms with Gasteiger partial charge in [0, 0.05) is 31.7 Å². The molecule has 0 saturated carbocycles. The average molecular weight is 429 g/mol. The molecule has 1 aliphatic heterocycles. The number of carbonyl (C=O) groups is 2. The Morgan fingerprint density at radius 3 is 1.88 bits per heavy atom. The van der Waals surface area contributed by atoms with Gasteiger partial charge in [-0.2, -0.15) is 0 Å². The number of amides is 2. The van der Waals surface area contributed by atoms with Crippen LogP contribution in [0.1, 0.15) is 28.4 Å². The van der Waals surface area contributed by atoms with E-state index in [9.17, 15) is 9.59 Å². The Morgan fingerprint density at radius 1 is 0.719 bits per heavy atom. The van der Waals surface area contributed by atoms with Gasteiger partial charge < -0.3 is 14.5 Å². The van der Waals surface area contributed by atoms with Gasteiger partial charge in [-0.25, -0.2) is 4.79 Å². The minimum atomic E-state index is -0.334. The molecule has 2 amide bonds. The van der Waals surface area contributed by atoms with E-state index in [1.165, 1.54) is 5.56 Å². The van der Waals surface area contributed by atoms with Crippen molar-refractivity contribution in [3.05, 3.63) is 95.6 Å². The quantitative estimate of drug-likeness (QED) is 0.574. The van der Waals surface area contributed by atoms with Gasteiger partial charge in [-0.05, 0) is 40.8 Å². The summed E-state index contributed by atoms with van der Waals surface area (Å²) in [5, 5.41) is 0. The third-order valence-electron chi connectivity index (χ3n) is 5.86. The predicted octanol–water partition coefficient (Wildman–Crippen LogP) is 5.01. The molecule has 164 valence electrons. The maximum Gasteiger partial charge on any atom is 0.410 e. The highest BCUT2D eigenvalue weighted by atomic mass is 16.6. The van der Waals surface area contributed by atoms with Gasteiger partial charge in [0.25, 0.3) is 5.91 Å². The molecule has 0 spiro atoms. The monoisotopic (exact) mass is 428 g/mol. The highest BCUT2D eigenvalue weighted by Gasteiger charge is 2.25. The van der Waals surface area contributed by atoms with E-state index >= 15 is 0 Å². The molecule has 3 aromatic rings. The lowest BCUT2D eigenvalue weighted by molar-refractivity contribution is 0.0544. The Hall–Kier alpha value is -3.60. The fraction of sp³-hybridized carbons (Fsp3) is 0.259. The van der Waals surface area contributed by atoms with E-state index < -0.39 is 0 Å². The molecule has 0 aromatic heterocycles. The number of ether oxygens (including phenoxy) is 1. The lowest BCUT2D eigenvalue weighted by atomic mass is 10.0. The standard InChI is InChI=1S/C27H28N2O3/c1-2-21-8-10-23(11-9-21)24-12-14-25(15-13-24)26(30)28-16-18-29(19-17-28)27(31)32-20-22-6-4-3-5-7-22/h3-15H,2,16-20H2,1H3. The van der Waals surface area contributed by atoms with Gasteiger partial charge in [-0.1, -0.05) is 73.7 Å². The van der Waals surface area contributed by atoms with Crippen molar-refractivity contribution in [2.24, 2.45) is 0 Å². The smallest absolute Gasteiger partial charge is 0.410 e. The zero-order chi connectivity index (χ0) is 22.3. The van der Waals surface area contributed by atoms with Gasteiger partial charge >= 0.3 is 6.09 Å². The van der Waals surface area contributed by atoms with Crippen molar-refractivity contribution in [2.45, 2.75) is 20.0 Å². The number of piperazine rings is 1. The molecule has 0 N–H and O–H groups in total. The maximum atomic E-state index is 12.9. The second-order valence-electron chi connectivity index (χ2n) is 7.95. The molecule has 0 aliphatic carbocycles. The third kappa shape index (κ3) is 5.17. The summed E-state index contributed by atoms with van der Waals surface area (Å²) in [6, 6.07) is 25.9. The summed E-state index contributed by atoms with van der Waals surface area (Å²) in [6.07, 6.45) is 0.686. The van der Waals surface area contributed by atoms with Crippen LogP contribution in [-0.2, 0) is 17.8 Å². The number of nitrogens with zero attached hydrogens (tertiary/aromatic N) is 2. The molecule has 0 radical (unpaired) electrons. The number of aryl methyl sites for hydroxylation is 1. The Balaban J connectivity index is 1.29. The molecule has 32 heavy (non-hydrogen) atoms. The number of carbonyl (C=O) groups excluding carboxylic acids is 2. The Morgan fingerprint density at radius 2 is 1.28 bits per heavy atom. The van der Waals surface area contributed by atoms with Crippen molar-refractivity contribution in [1.29, 1.82) is 0 Å². The summed E-state index contributed by atoms with van der Waals surface area (Å²) in [6.45, 7) is 4.34. The van der Waals surface area contributed by atoms with Crippen LogP contribution >= 0.6 is 0 Å². The van der Waals surface area contributed by atoms with E-state index in [0.29, 0.717) is 31.7 Å². The topological polar surface area (TPSA) is 49.9 Å². The molecule has 5 nitrogen and oxygen atoms in total. The summed E-state index contributed by atoms with van der Waals surface area (Å²) in [7, 11) is 0. The van der Waals surface area contributed by atoms with E-state index in [4.69, 9.17) is 4.74 Å². The largest absolute Gasteiger partial charge is 0.445 e. The summed E-state index contributed by atoms with van der Waals surface area (Å²) >= 11 is 0. The van der Waals surface area contributed by atoms with Crippen LogP contribution < -0.4 is 0 Å². The molecule has 1 heterocycles. The van der Waals surface area contributed by atoms with Gasteiger partial charge in [-0.3, -0.25) is 4.79 Å². The molecule has 1 saturated heterocycles. The van der Waals surface area contributed by atoms with Gasteiger partial charge in [0.15, 0.2) is 0 Å². The zero-order valence-corrected chi connectivity index (χ0v) is 18.4. The van der Waals surface area contributed by atoms with E-state index in [1.54, 1.807) is 9.80 Å². The van der Waals surface area contributed by atoms with Crippen LogP contribution in [-0.4, -0.2) is 48.0 Å². The molecule has 3 aromatic carbocycles. The average Bonchev–Trinajstić information content (AvgIpc) is 2.88. The van der Waals surface area contributed by atoms with Gasteiger partial charge in [-0.15, -0.1) is 0 Å². The molecule has 0 unspecified atom stereocenters. The number of hydrogen-bond acceptors (Lipinski definition) is 3. The first kappa shape index (κ1) is 21.6. The Bertz CT molecular complexity index is 1040. The van der Waals surface area contributed by atoms with Crippen LogP contribution in [0.2, 0.25) is 0 Å². The zero-order valence-electron chi connectivity index (χ0n) is 18.4. The van der Waals surface area contributed by atoms with Crippen LogP contribution in [0.15, 0.2) is 78.9 Å². The van der Waals surface area contributed by atoms with Crippen LogP contribution in [0.4, 0.5) is 4.79 Å². The van der Waals surface area contributed by atoms with Gasteiger partial charge in [0.05, 0.1) is 0 Å². The summed E-state index contributed by atoms with van der Waals surface area (Å²) in [4.78, 5) is 28.7. The normalized spacial score (nSPS) is 13.7. The molecular formula is C27H28N2O3. The molecular weight excluding hydrogens is 400 g/mol. The van der Waals surface area contributed by atoms with Crippen LogP contribution in [0.25, 0.3) is 11.1 Å². The number of benzene rings is 3. The van der Waals surface area contributed by atoms with Crippen molar-refractivity contribution in [2.75, 3.05) is 26.2 Å². The lowest BCUT2D eigenvalue weighted by Gasteiger charge is -2.34. The fourth-order valence-corrected chi connectivity index (χ4v) is 3.82. The van der Waals surface area contributed by atoms with Crippen LogP contribution in [0.3, 0.4) is 0 Å². The fourth-order valence-electron chi connectivity index (χ4n) is 3.82. The minimum Gasteiger partial charge on any atom is -0.445 e. The van der Waals surface area contributed by atoms with Gasteiger partial charge in [0.2, 0.25) is 0 Å². The molecule has 0 atom stereocenters. The molecule has 0 bridgehead atoms. The van der Waals surface area contributed by atoms with Crippen LogP contribution in [0, 0.1) is 0 Å². The molecule has 1 aliphatic rings. The van der Waals surface area contributed by atoms with Crippen molar-refractivity contribution in [3.8, 4) is 11.1 Å². The van der Waals surface area contributed by atoms with Crippen molar-refractivity contribution >= 4 is 12.0 Å². The second kappa shape index (κ2) is 10.1. The summed E-state index contributed by atoms with van der Waals surface area (Å²) in [5.74, 6) is -0.00446. The van der Waals surface area contributed by atoms with Crippen molar-refractivity contribution < 1.29 is 14.3 Å². The first-order valence-corrected chi connectivity index (χ1v) is 11.1. The first-order valence-electron chi connectivity index (χ1n) is 11.1. The number of hydrogen-bond donors (Lipinski definition) is 0. The lowest BCUT2D eigenvalue weighted by Crippen LogP contribution is -2.50. The SMILES string of the molecule is CCc1ccc(-c2ccc(C(=O)N3CCN(C(=O)OCc4ccccc4)CC3)cc2)cc1. The maximum absolute atomic E-state index is 12.9. The number of rotatable bonds is 5. The molecule has 1 fully saturated rings. The first-order chi connectivity index (χ1) is 15.6. The summed E-state index contributed by atoms with van der Waals surface area (Å²) in [5.41, 5.74) is 5.17. The van der Waals surface area contributed by atoms with Crippen LogP contribution in [0.5, 0.6) is 0 Å².